The number of hydrogen-bond donors (Lipinski definition) is 0. The van der Waals surface area contributed by atoms with Crippen molar-refractivity contribution in [2.45, 2.75) is 25.8 Å². The number of esters is 1. The molecule has 0 fully saturated rings. The Bertz CT molecular complexity index is 998. The highest BCUT2D eigenvalue weighted by Gasteiger charge is 2.30. The van der Waals surface area contributed by atoms with Gasteiger partial charge >= 0.3 is 5.97 Å². The molecular formula is C23H22N2O4. The van der Waals surface area contributed by atoms with Gasteiger partial charge in [-0.3, -0.25) is 14.4 Å². The molecule has 2 aromatic rings. The Hall–Kier alpha value is -3.41. The van der Waals surface area contributed by atoms with E-state index in [1.807, 2.05) is 54.6 Å². The average Bonchev–Trinajstić information content (AvgIpc) is 3.16. The molecule has 29 heavy (non-hydrogen) atoms. The predicted octanol–water partition coefficient (Wildman–Crippen LogP) is 3.08. The summed E-state index contributed by atoms with van der Waals surface area (Å²) in [7, 11) is 0. The van der Waals surface area contributed by atoms with Crippen LogP contribution >= 0.6 is 0 Å². The minimum absolute atomic E-state index is 0.00913. The van der Waals surface area contributed by atoms with Crippen LogP contribution in [0.3, 0.4) is 0 Å². The Morgan fingerprint density at radius 3 is 2.66 bits per heavy atom. The largest absolute Gasteiger partial charge is 0.455 e. The predicted molar refractivity (Wildman–Crippen MR) is 109 cm³/mol. The van der Waals surface area contributed by atoms with Gasteiger partial charge in [0.25, 0.3) is 5.91 Å². The maximum atomic E-state index is 12.5. The minimum atomic E-state index is -0.507. The standard InChI is InChI=1S/C23H22N2O4/c1-16(26)24-12-10-17-6-2-4-8-19(17)21(24)14-23(28)29-15-22(27)25-13-11-18-7-3-5-9-20(18)25/h2-10,12,21H,11,13-15H2,1H3/t21-/m1/s1. The van der Waals surface area contributed by atoms with Gasteiger partial charge in [0.2, 0.25) is 5.91 Å². The van der Waals surface area contributed by atoms with E-state index in [2.05, 4.69) is 0 Å². The van der Waals surface area contributed by atoms with Crippen molar-refractivity contribution in [1.29, 1.82) is 0 Å². The highest BCUT2D eigenvalue weighted by Crippen LogP contribution is 2.33. The van der Waals surface area contributed by atoms with Gasteiger partial charge in [0.05, 0.1) is 12.5 Å². The van der Waals surface area contributed by atoms with E-state index in [-0.39, 0.29) is 24.8 Å². The van der Waals surface area contributed by atoms with Gasteiger partial charge in [-0.05, 0) is 35.3 Å². The molecule has 148 valence electrons. The molecule has 1 atom stereocenters. The van der Waals surface area contributed by atoms with Crippen molar-refractivity contribution in [1.82, 2.24) is 4.90 Å². The Balaban J connectivity index is 1.41. The molecule has 0 bridgehead atoms. The second kappa shape index (κ2) is 7.91. The molecule has 4 rings (SSSR count). The summed E-state index contributed by atoms with van der Waals surface area (Å²) in [4.78, 5) is 40.3. The molecule has 0 aliphatic carbocycles. The molecular weight excluding hydrogens is 368 g/mol. The Morgan fingerprint density at radius 2 is 1.83 bits per heavy atom. The third-order valence-corrected chi connectivity index (χ3v) is 5.37. The lowest BCUT2D eigenvalue weighted by molar-refractivity contribution is -0.149. The second-order valence-electron chi connectivity index (χ2n) is 7.18. The van der Waals surface area contributed by atoms with Gasteiger partial charge in [0.1, 0.15) is 0 Å². The van der Waals surface area contributed by atoms with E-state index in [0.29, 0.717) is 6.54 Å². The number of benzene rings is 2. The Morgan fingerprint density at radius 1 is 1.07 bits per heavy atom. The molecule has 2 aliphatic heterocycles. The number of amides is 2. The van der Waals surface area contributed by atoms with Gasteiger partial charge in [0.15, 0.2) is 6.61 Å². The van der Waals surface area contributed by atoms with Crippen LogP contribution in [0.2, 0.25) is 0 Å². The number of anilines is 1. The average molecular weight is 390 g/mol. The van der Waals surface area contributed by atoms with E-state index in [1.165, 1.54) is 11.8 Å². The third kappa shape index (κ3) is 3.78. The van der Waals surface area contributed by atoms with E-state index in [4.69, 9.17) is 4.74 Å². The fourth-order valence-corrected chi connectivity index (χ4v) is 3.95. The van der Waals surface area contributed by atoms with Crippen molar-refractivity contribution >= 4 is 29.5 Å². The normalized spacial score (nSPS) is 16.9. The van der Waals surface area contributed by atoms with Crippen molar-refractivity contribution in [3.05, 3.63) is 71.4 Å². The van der Waals surface area contributed by atoms with Crippen LogP contribution in [0, 0.1) is 0 Å². The zero-order valence-electron chi connectivity index (χ0n) is 16.2. The van der Waals surface area contributed by atoms with Crippen LogP contribution < -0.4 is 4.90 Å². The zero-order chi connectivity index (χ0) is 20.4. The number of hydrogen-bond acceptors (Lipinski definition) is 4. The summed E-state index contributed by atoms with van der Waals surface area (Å²) < 4.78 is 5.28. The minimum Gasteiger partial charge on any atom is -0.455 e. The molecule has 6 nitrogen and oxygen atoms in total. The first-order valence-corrected chi connectivity index (χ1v) is 9.64. The summed E-state index contributed by atoms with van der Waals surface area (Å²) in [6.45, 7) is 1.75. The zero-order valence-corrected chi connectivity index (χ0v) is 16.2. The molecule has 2 heterocycles. The molecule has 0 radical (unpaired) electrons. The van der Waals surface area contributed by atoms with Gasteiger partial charge in [-0.2, -0.15) is 0 Å². The van der Waals surface area contributed by atoms with Gasteiger partial charge in [-0.15, -0.1) is 0 Å². The number of carbonyl (C=O) groups is 3. The second-order valence-corrected chi connectivity index (χ2v) is 7.18. The molecule has 2 amide bonds. The molecule has 0 spiro atoms. The van der Waals surface area contributed by atoms with Gasteiger partial charge in [-0.1, -0.05) is 42.5 Å². The lowest BCUT2D eigenvalue weighted by Crippen LogP contribution is -2.35. The van der Waals surface area contributed by atoms with Crippen LogP contribution in [0.25, 0.3) is 6.08 Å². The summed E-state index contributed by atoms with van der Waals surface area (Å²) >= 11 is 0. The molecule has 0 N–H and O–H groups in total. The SMILES string of the molecule is CC(=O)N1C=Cc2ccccc2[C@H]1CC(=O)OCC(=O)N1CCc2ccccc21. The number of nitrogens with zero attached hydrogens (tertiary/aromatic N) is 2. The van der Waals surface area contributed by atoms with Gasteiger partial charge in [-0.25, -0.2) is 0 Å². The van der Waals surface area contributed by atoms with E-state index >= 15 is 0 Å². The number of fused-ring (bicyclic) bond motifs is 2. The monoisotopic (exact) mass is 390 g/mol. The molecule has 0 saturated heterocycles. The van der Waals surface area contributed by atoms with E-state index < -0.39 is 12.0 Å². The number of para-hydroxylation sites is 1. The van der Waals surface area contributed by atoms with Crippen molar-refractivity contribution in [3.8, 4) is 0 Å². The van der Waals surface area contributed by atoms with Crippen LogP contribution in [-0.2, 0) is 25.5 Å². The lowest BCUT2D eigenvalue weighted by Gasteiger charge is -2.32. The van der Waals surface area contributed by atoms with Crippen LogP contribution in [0.15, 0.2) is 54.7 Å². The summed E-state index contributed by atoms with van der Waals surface area (Å²) in [5.74, 6) is -0.902. The summed E-state index contributed by atoms with van der Waals surface area (Å²) in [5, 5.41) is 0. The lowest BCUT2D eigenvalue weighted by atomic mass is 9.94. The van der Waals surface area contributed by atoms with Crippen molar-refractivity contribution in [2.24, 2.45) is 0 Å². The molecule has 0 saturated carbocycles. The highest BCUT2D eigenvalue weighted by atomic mass is 16.5. The first kappa shape index (κ1) is 18.9. The highest BCUT2D eigenvalue weighted by molar-refractivity contribution is 5.97. The smallest absolute Gasteiger partial charge is 0.308 e. The van der Waals surface area contributed by atoms with Crippen LogP contribution in [0.1, 0.15) is 36.1 Å². The van der Waals surface area contributed by atoms with Crippen LogP contribution in [-0.4, -0.2) is 35.8 Å². The van der Waals surface area contributed by atoms with Crippen molar-refractivity contribution < 1.29 is 19.1 Å². The maximum absolute atomic E-state index is 12.5. The number of rotatable bonds is 4. The molecule has 0 unspecified atom stereocenters. The molecule has 0 aromatic heterocycles. The van der Waals surface area contributed by atoms with E-state index in [1.54, 1.807) is 11.1 Å². The fraction of sp³-hybridized carbons (Fsp3) is 0.261. The molecule has 6 heteroatoms. The quantitative estimate of drug-likeness (QED) is 0.753. The summed E-state index contributed by atoms with van der Waals surface area (Å²) in [6.07, 6.45) is 4.33. The van der Waals surface area contributed by atoms with Crippen LogP contribution in [0.4, 0.5) is 5.69 Å². The van der Waals surface area contributed by atoms with Crippen molar-refractivity contribution in [2.75, 3.05) is 18.1 Å². The fourth-order valence-electron chi connectivity index (χ4n) is 3.95. The number of ether oxygens (including phenoxy) is 1. The van der Waals surface area contributed by atoms with Gasteiger partial charge < -0.3 is 14.5 Å². The Kier molecular flexibility index (Phi) is 5.16. The topological polar surface area (TPSA) is 66.9 Å². The third-order valence-electron chi connectivity index (χ3n) is 5.37. The van der Waals surface area contributed by atoms with Crippen molar-refractivity contribution in [3.63, 3.8) is 0 Å². The summed E-state index contributed by atoms with van der Waals surface area (Å²) in [6, 6.07) is 14.9. The van der Waals surface area contributed by atoms with Crippen LogP contribution in [0.5, 0.6) is 0 Å². The van der Waals surface area contributed by atoms with Gasteiger partial charge in [0, 0.05) is 25.4 Å². The summed E-state index contributed by atoms with van der Waals surface area (Å²) in [5.41, 5.74) is 3.85. The number of carbonyl (C=O) groups excluding carboxylic acids is 3. The van der Waals surface area contributed by atoms with E-state index in [9.17, 15) is 14.4 Å². The molecule has 2 aromatic carbocycles. The molecule has 2 aliphatic rings. The first-order chi connectivity index (χ1) is 14.0. The maximum Gasteiger partial charge on any atom is 0.308 e. The first-order valence-electron chi connectivity index (χ1n) is 9.64. The Labute approximate surface area is 169 Å². The van der Waals surface area contributed by atoms with E-state index in [0.717, 1.165) is 28.8 Å².